The van der Waals surface area contributed by atoms with Gasteiger partial charge in [-0.25, -0.2) is 4.68 Å². The normalized spacial score (nSPS) is 12.0. The Labute approximate surface area is 127 Å². The number of rotatable bonds is 4. The molecule has 0 N–H and O–H groups in total. The Kier molecular flexibility index (Phi) is 4.47. The summed E-state index contributed by atoms with van der Waals surface area (Å²) in [7, 11) is 3.68. The number of carbonyl (C=O) groups is 1. The summed E-state index contributed by atoms with van der Waals surface area (Å²) in [5, 5.41) is 5.12. The van der Waals surface area contributed by atoms with Gasteiger partial charge in [0.1, 0.15) is 5.70 Å². The van der Waals surface area contributed by atoms with E-state index in [1.165, 1.54) is 4.68 Å². The molecule has 2 aromatic rings. The standard InChI is InChI=1S/C14H13Cl2N3O/c1-18(2)14(11-5-4-10(15)8-12(11)16)13(9-20)19-7-3-6-17-19/h3-9H,1-2H3. The third-order valence-electron chi connectivity index (χ3n) is 2.74. The predicted octanol–water partition coefficient (Wildman–Crippen LogP) is 3.28. The highest BCUT2D eigenvalue weighted by Crippen LogP contribution is 2.30. The van der Waals surface area contributed by atoms with E-state index in [0.717, 1.165) is 11.8 Å². The fourth-order valence-electron chi connectivity index (χ4n) is 1.92. The van der Waals surface area contributed by atoms with Gasteiger partial charge >= 0.3 is 0 Å². The van der Waals surface area contributed by atoms with Crippen molar-refractivity contribution in [2.24, 2.45) is 0 Å². The molecular formula is C14H13Cl2N3O. The maximum Gasteiger partial charge on any atom is 0.170 e. The van der Waals surface area contributed by atoms with E-state index in [-0.39, 0.29) is 0 Å². The number of carbonyl (C=O) groups excluding carboxylic acids is 1. The molecule has 104 valence electrons. The van der Waals surface area contributed by atoms with Crippen LogP contribution in [0.25, 0.3) is 11.4 Å². The third-order valence-corrected chi connectivity index (χ3v) is 3.29. The van der Waals surface area contributed by atoms with Crippen LogP contribution in [-0.2, 0) is 4.79 Å². The average Bonchev–Trinajstić information content (AvgIpc) is 2.90. The van der Waals surface area contributed by atoms with Crippen LogP contribution in [-0.4, -0.2) is 35.1 Å². The number of aromatic nitrogens is 2. The SMILES string of the molecule is CN(C)C(=C(C=O)n1cccn1)c1ccc(Cl)cc1Cl. The van der Waals surface area contributed by atoms with Crippen LogP contribution in [0.2, 0.25) is 10.0 Å². The van der Waals surface area contributed by atoms with Crippen LogP contribution < -0.4 is 0 Å². The molecule has 0 amide bonds. The summed E-state index contributed by atoms with van der Waals surface area (Å²) in [6, 6.07) is 6.92. The number of allylic oxidation sites excluding steroid dienone is 1. The topological polar surface area (TPSA) is 38.1 Å². The van der Waals surface area contributed by atoms with Gasteiger partial charge in [-0.05, 0) is 24.3 Å². The molecule has 0 saturated carbocycles. The van der Waals surface area contributed by atoms with Crippen LogP contribution in [0, 0.1) is 0 Å². The molecule has 4 nitrogen and oxygen atoms in total. The molecule has 0 unspecified atom stereocenters. The lowest BCUT2D eigenvalue weighted by molar-refractivity contribution is -0.103. The van der Waals surface area contributed by atoms with Crippen molar-refractivity contribution in [3.8, 4) is 0 Å². The third kappa shape index (κ3) is 2.86. The van der Waals surface area contributed by atoms with E-state index in [4.69, 9.17) is 23.2 Å². The first-order valence-electron chi connectivity index (χ1n) is 5.87. The molecule has 0 spiro atoms. The second-order valence-corrected chi connectivity index (χ2v) is 5.16. The van der Waals surface area contributed by atoms with Gasteiger partial charge in [-0.1, -0.05) is 23.2 Å². The zero-order valence-corrected chi connectivity index (χ0v) is 12.6. The minimum Gasteiger partial charge on any atom is -0.375 e. The summed E-state index contributed by atoms with van der Waals surface area (Å²) in [4.78, 5) is 13.3. The second-order valence-electron chi connectivity index (χ2n) is 4.32. The highest BCUT2D eigenvalue weighted by Gasteiger charge is 2.16. The van der Waals surface area contributed by atoms with Gasteiger partial charge in [-0.15, -0.1) is 0 Å². The molecule has 6 heteroatoms. The molecule has 0 fully saturated rings. The Morgan fingerprint density at radius 2 is 2.10 bits per heavy atom. The van der Waals surface area contributed by atoms with Crippen LogP contribution in [0.1, 0.15) is 5.56 Å². The van der Waals surface area contributed by atoms with Gasteiger partial charge in [0.2, 0.25) is 0 Å². The Morgan fingerprint density at radius 1 is 1.35 bits per heavy atom. The smallest absolute Gasteiger partial charge is 0.170 e. The molecule has 0 bridgehead atoms. The first kappa shape index (κ1) is 14.6. The Balaban J connectivity index is 2.69. The fourth-order valence-corrected chi connectivity index (χ4v) is 2.42. The van der Waals surface area contributed by atoms with Crippen molar-refractivity contribution in [3.63, 3.8) is 0 Å². The number of halogens is 2. The Morgan fingerprint density at radius 3 is 2.60 bits per heavy atom. The molecule has 1 aromatic heterocycles. The maximum absolute atomic E-state index is 11.5. The van der Waals surface area contributed by atoms with E-state index < -0.39 is 0 Å². The van der Waals surface area contributed by atoms with Crippen LogP contribution in [0.5, 0.6) is 0 Å². The molecule has 0 aliphatic carbocycles. The molecular weight excluding hydrogens is 297 g/mol. The minimum absolute atomic E-state index is 0.407. The van der Waals surface area contributed by atoms with Crippen molar-refractivity contribution in [3.05, 3.63) is 52.3 Å². The highest BCUT2D eigenvalue weighted by atomic mass is 35.5. The predicted molar refractivity (Wildman–Crippen MR) is 81.6 cm³/mol. The van der Waals surface area contributed by atoms with Gasteiger partial charge in [-0.3, -0.25) is 4.79 Å². The van der Waals surface area contributed by atoms with E-state index in [9.17, 15) is 4.79 Å². The maximum atomic E-state index is 11.5. The quantitative estimate of drug-likeness (QED) is 0.642. The number of nitrogens with zero attached hydrogens (tertiary/aromatic N) is 3. The van der Waals surface area contributed by atoms with Gasteiger partial charge in [0.25, 0.3) is 0 Å². The van der Waals surface area contributed by atoms with Crippen LogP contribution in [0.15, 0.2) is 36.7 Å². The zero-order valence-electron chi connectivity index (χ0n) is 11.0. The molecule has 20 heavy (non-hydrogen) atoms. The van der Waals surface area contributed by atoms with Gasteiger partial charge in [-0.2, -0.15) is 5.10 Å². The van der Waals surface area contributed by atoms with Crippen molar-refractivity contribution < 1.29 is 4.79 Å². The summed E-state index contributed by atoms with van der Waals surface area (Å²) >= 11 is 12.2. The van der Waals surface area contributed by atoms with Crippen molar-refractivity contribution in [1.82, 2.24) is 14.7 Å². The van der Waals surface area contributed by atoms with E-state index >= 15 is 0 Å². The van der Waals surface area contributed by atoms with Crippen molar-refractivity contribution >= 4 is 40.9 Å². The van der Waals surface area contributed by atoms with Gasteiger partial charge in [0.15, 0.2) is 6.29 Å². The summed E-state index contributed by atoms with van der Waals surface area (Å²) in [5.41, 5.74) is 1.80. The van der Waals surface area contributed by atoms with Gasteiger partial charge < -0.3 is 4.90 Å². The van der Waals surface area contributed by atoms with Crippen LogP contribution in [0.4, 0.5) is 0 Å². The van der Waals surface area contributed by atoms with Crippen LogP contribution >= 0.6 is 23.2 Å². The summed E-state index contributed by atoms with van der Waals surface area (Å²) in [6.07, 6.45) is 4.07. The molecule has 0 aliphatic rings. The van der Waals surface area contributed by atoms with E-state index in [1.54, 1.807) is 36.7 Å². The van der Waals surface area contributed by atoms with Crippen molar-refractivity contribution in [1.29, 1.82) is 0 Å². The highest BCUT2D eigenvalue weighted by molar-refractivity contribution is 6.36. The number of aldehydes is 1. The average molecular weight is 310 g/mol. The molecule has 1 heterocycles. The molecule has 0 atom stereocenters. The summed E-state index contributed by atoms with van der Waals surface area (Å²) < 4.78 is 1.51. The lowest BCUT2D eigenvalue weighted by Crippen LogP contribution is -2.16. The second kappa shape index (κ2) is 6.11. The molecule has 0 radical (unpaired) electrons. The number of benzene rings is 1. The Hall–Kier alpha value is -1.78. The molecule has 0 saturated heterocycles. The van der Waals surface area contributed by atoms with E-state index in [2.05, 4.69) is 5.10 Å². The van der Waals surface area contributed by atoms with Gasteiger partial charge in [0.05, 0.1) is 10.7 Å². The number of hydrogen-bond donors (Lipinski definition) is 0. The van der Waals surface area contributed by atoms with Gasteiger partial charge in [0, 0.05) is 37.1 Å². The molecule has 1 aromatic carbocycles. The van der Waals surface area contributed by atoms with Crippen molar-refractivity contribution in [2.75, 3.05) is 14.1 Å². The molecule has 2 rings (SSSR count). The van der Waals surface area contributed by atoms with E-state index in [1.807, 2.05) is 19.0 Å². The summed E-state index contributed by atoms with van der Waals surface area (Å²) in [6.45, 7) is 0. The Bertz CT molecular complexity index is 648. The van der Waals surface area contributed by atoms with Crippen molar-refractivity contribution in [2.45, 2.75) is 0 Å². The fraction of sp³-hybridized carbons (Fsp3) is 0.143. The zero-order chi connectivity index (χ0) is 14.7. The van der Waals surface area contributed by atoms with E-state index in [0.29, 0.717) is 21.4 Å². The lowest BCUT2D eigenvalue weighted by atomic mass is 10.1. The first-order chi connectivity index (χ1) is 9.54. The largest absolute Gasteiger partial charge is 0.375 e. The lowest BCUT2D eigenvalue weighted by Gasteiger charge is -2.21. The monoisotopic (exact) mass is 309 g/mol. The minimum atomic E-state index is 0.407. The number of hydrogen-bond acceptors (Lipinski definition) is 3. The first-order valence-corrected chi connectivity index (χ1v) is 6.62. The summed E-state index contributed by atoms with van der Waals surface area (Å²) in [5.74, 6) is 0. The molecule has 0 aliphatic heterocycles. The van der Waals surface area contributed by atoms with Crippen LogP contribution in [0.3, 0.4) is 0 Å².